The van der Waals surface area contributed by atoms with E-state index in [2.05, 4.69) is 130 Å². The maximum absolute atomic E-state index is 9.43. The van der Waals surface area contributed by atoms with Gasteiger partial charge in [-0.1, -0.05) is 85.8 Å². The third-order valence-electron chi connectivity index (χ3n) is 9.42. The zero-order chi connectivity index (χ0) is 31.5. The quantitative estimate of drug-likeness (QED) is 0.201. The number of aromatic nitrogens is 4. The number of hydrogen-bond donors (Lipinski definition) is 0. The van der Waals surface area contributed by atoms with Gasteiger partial charge < -0.3 is 0 Å². The Balaban J connectivity index is 1.37. The zero-order valence-electron chi connectivity index (χ0n) is 25.8. The van der Waals surface area contributed by atoms with Gasteiger partial charge in [0.15, 0.2) is 0 Å². The van der Waals surface area contributed by atoms with Crippen LogP contribution < -0.4 is 0 Å². The van der Waals surface area contributed by atoms with E-state index in [0.29, 0.717) is 11.5 Å². The van der Waals surface area contributed by atoms with Crippen molar-refractivity contribution < 1.29 is 0 Å². The van der Waals surface area contributed by atoms with Crippen LogP contribution in [0.1, 0.15) is 23.7 Å². The summed E-state index contributed by atoms with van der Waals surface area (Å²) in [6.07, 6.45) is 9.36. The monoisotopic (exact) mass is 603 g/mol. The van der Waals surface area contributed by atoms with Gasteiger partial charge in [-0.25, -0.2) is 4.98 Å². The molecule has 4 heterocycles. The highest BCUT2D eigenvalue weighted by Crippen LogP contribution is 2.39. The van der Waals surface area contributed by atoms with Gasteiger partial charge in [0.1, 0.15) is 11.6 Å². The molecule has 47 heavy (non-hydrogen) atoms. The molecule has 0 radical (unpaired) electrons. The molecule has 0 spiro atoms. The van der Waals surface area contributed by atoms with Crippen LogP contribution in [0.15, 0.2) is 134 Å². The largest absolute Gasteiger partial charge is 0.294 e. The first-order valence-corrected chi connectivity index (χ1v) is 15.9. The van der Waals surface area contributed by atoms with Crippen LogP contribution in [0.3, 0.4) is 0 Å². The third kappa shape index (κ3) is 4.30. The second-order valence-corrected chi connectivity index (χ2v) is 12.3. The van der Waals surface area contributed by atoms with Crippen molar-refractivity contribution in [3.05, 3.63) is 151 Å². The maximum Gasteiger partial charge on any atom is 0.140 e. The maximum atomic E-state index is 9.43. The third-order valence-corrected chi connectivity index (χ3v) is 9.42. The minimum atomic E-state index is 0.473. The molecule has 8 aromatic rings. The lowest BCUT2D eigenvalue weighted by Crippen LogP contribution is -2.08. The van der Waals surface area contributed by atoms with Gasteiger partial charge in [0, 0.05) is 22.4 Å². The van der Waals surface area contributed by atoms with Crippen LogP contribution in [0.2, 0.25) is 0 Å². The predicted molar refractivity (Wildman–Crippen MR) is 191 cm³/mol. The average molecular weight is 604 g/mol. The van der Waals surface area contributed by atoms with Crippen molar-refractivity contribution in [2.24, 2.45) is 5.92 Å². The summed E-state index contributed by atoms with van der Waals surface area (Å²) >= 11 is 0. The summed E-state index contributed by atoms with van der Waals surface area (Å²) in [6, 6.07) is 42.2. The van der Waals surface area contributed by atoms with Crippen molar-refractivity contribution >= 4 is 38.8 Å². The van der Waals surface area contributed by atoms with Crippen LogP contribution in [0, 0.1) is 17.2 Å². The summed E-state index contributed by atoms with van der Waals surface area (Å²) in [6.45, 7) is 2.28. The molecule has 0 saturated heterocycles. The molecular weight excluding hydrogens is 574 g/mol. The molecule has 0 aliphatic heterocycles. The predicted octanol–water partition coefficient (Wildman–Crippen LogP) is 9.93. The molecule has 4 aromatic carbocycles. The normalized spacial score (nSPS) is 14.1. The average Bonchev–Trinajstić information content (AvgIpc) is 3.64. The Kier molecular flexibility index (Phi) is 6.16. The molecule has 1 atom stereocenters. The van der Waals surface area contributed by atoms with E-state index < -0.39 is 0 Å². The van der Waals surface area contributed by atoms with Crippen molar-refractivity contribution in [3.8, 4) is 40.0 Å². The van der Waals surface area contributed by atoms with Crippen molar-refractivity contribution in [2.45, 2.75) is 13.3 Å². The number of allylic oxidation sites excluding steroid dienone is 1. The minimum absolute atomic E-state index is 0.473. The smallest absolute Gasteiger partial charge is 0.140 e. The lowest BCUT2D eigenvalue weighted by molar-refractivity contribution is 0.717. The molecule has 1 aliphatic carbocycles. The summed E-state index contributed by atoms with van der Waals surface area (Å²) < 4.78 is 4.57. The van der Waals surface area contributed by atoms with E-state index in [1.54, 1.807) is 0 Å². The topological polar surface area (TPSA) is 59.4 Å². The summed E-state index contributed by atoms with van der Waals surface area (Å²) in [5.41, 5.74) is 10.7. The number of para-hydroxylation sites is 2. The van der Waals surface area contributed by atoms with E-state index in [-0.39, 0.29) is 0 Å². The summed E-state index contributed by atoms with van der Waals surface area (Å²) in [4.78, 5) is 10.0. The van der Waals surface area contributed by atoms with E-state index in [4.69, 9.17) is 4.98 Å². The van der Waals surface area contributed by atoms with Crippen molar-refractivity contribution in [2.75, 3.05) is 0 Å². The van der Waals surface area contributed by atoms with Crippen LogP contribution >= 0.6 is 0 Å². The molecule has 5 heteroatoms. The first-order chi connectivity index (χ1) is 23.2. The SMILES string of the molecule is CC1C=Cc2c(c3ccccc3n2-c2cc(-c3ccccc3-c3ccc(C#N)cc3)cc(-n3c4ccccc4c4ccncc43)n2)C1. The lowest BCUT2D eigenvalue weighted by Gasteiger charge is -2.18. The Bertz CT molecular complexity index is 2520. The van der Waals surface area contributed by atoms with Gasteiger partial charge in [-0.3, -0.25) is 14.1 Å². The van der Waals surface area contributed by atoms with Crippen LogP contribution in [0.5, 0.6) is 0 Å². The summed E-state index contributed by atoms with van der Waals surface area (Å²) in [7, 11) is 0. The Hall–Kier alpha value is -6.25. The number of nitrogens with zero attached hydrogens (tertiary/aromatic N) is 5. The van der Waals surface area contributed by atoms with Gasteiger partial charge >= 0.3 is 0 Å². The van der Waals surface area contributed by atoms with Crippen molar-refractivity contribution in [1.29, 1.82) is 5.26 Å². The van der Waals surface area contributed by atoms with E-state index in [1.807, 2.05) is 36.7 Å². The highest BCUT2D eigenvalue weighted by atomic mass is 15.1. The Morgan fingerprint density at radius 2 is 1.32 bits per heavy atom. The van der Waals surface area contributed by atoms with E-state index >= 15 is 0 Å². The Morgan fingerprint density at radius 1 is 0.681 bits per heavy atom. The van der Waals surface area contributed by atoms with Crippen LogP contribution in [-0.2, 0) is 6.42 Å². The van der Waals surface area contributed by atoms with E-state index in [1.165, 1.54) is 16.6 Å². The molecule has 1 unspecified atom stereocenters. The molecule has 0 N–H and O–H groups in total. The minimum Gasteiger partial charge on any atom is -0.294 e. The van der Waals surface area contributed by atoms with Crippen LogP contribution in [-0.4, -0.2) is 19.1 Å². The van der Waals surface area contributed by atoms with Gasteiger partial charge in [0.2, 0.25) is 0 Å². The Morgan fingerprint density at radius 3 is 2.09 bits per heavy atom. The number of pyridine rings is 2. The molecule has 0 bridgehead atoms. The molecule has 5 nitrogen and oxygen atoms in total. The fourth-order valence-electron chi connectivity index (χ4n) is 7.27. The van der Waals surface area contributed by atoms with Gasteiger partial charge in [-0.2, -0.15) is 5.26 Å². The molecule has 4 aromatic heterocycles. The molecule has 0 fully saturated rings. The summed E-state index contributed by atoms with van der Waals surface area (Å²) in [5, 5.41) is 13.0. The number of nitriles is 1. The number of hydrogen-bond acceptors (Lipinski definition) is 3. The zero-order valence-corrected chi connectivity index (χ0v) is 25.8. The molecule has 1 aliphatic rings. The highest BCUT2D eigenvalue weighted by Gasteiger charge is 2.23. The van der Waals surface area contributed by atoms with Crippen molar-refractivity contribution in [1.82, 2.24) is 19.1 Å². The second-order valence-electron chi connectivity index (χ2n) is 12.3. The first kappa shape index (κ1) is 27.1. The molecule has 9 rings (SSSR count). The molecule has 222 valence electrons. The van der Waals surface area contributed by atoms with Crippen molar-refractivity contribution in [3.63, 3.8) is 0 Å². The molecule has 0 amide bonds. The Labute approximate surface area is 272 Å². The number of benzene rings is 4. The second kappa shape index (κ2) is 10.7. The van der Waals surface area contributed by atoms with Crippen LogP contribution in [0.4, 0.5) is 0 Å². The van der Waals surface area contributed by atoms with E-state index in [9.17, 15) is 5.26 Å². The first-order valence-electron chi connectivity index (χ1n) is 15.9. The highest BCUT2D eigenvalue weighted by molar-refractivity contribution is 6.09. The van der Waals surface area contributed by atoms with Gasteiger partial charge in [-0.15, -0.1) is 0 Å². The standard InChI is InChI=1S/C42H29N5/c1-27-14-19-39-36(22-27)34-11-5-7-13-38(34)46(39)41-23-30(32-9-3-2-8-31(32)29-17-15-28(25-43)16-18-29)24-42(45-41)47-37-12-6-4-10-33(37)35-20-21-44-26-40(35)47/h2-21,23-24,26-27H,22H2,1H3. The number of fused-ring (bicyclic) bond motifs is 6. The number of rotatable bonds is 4. The lowest BCUT2D eigenvalue weighted by atomic mass is 9.93. The summed E-state index contributed by atoms with van der Waals surface area (Å²) in [5.74, 6) is 2.16. The molecule has 0 saturated carbocycles. The van der Waals surface area contributed by atoms with Gasteiger partial charge in [-0.05, 0) is 88.7 Å². The van der Waals surface area contributed by atoms with Gasteiger partial charge in [0.05, 0.1) is 40.1 Å². The fourth-order valence-corrected chi connectivity index (χ4v) is 7.27. The van der Waals surface area contributed by atoms with E-state index in [0.717, 1.165) is 67.6 Å². The van der Waals surface area contributed by atoms with Crippen LogP contribution in [0.25, 0.3) is 72.7 Å². The van der Waals surface area contributed by atoms with Gasteiger partial charge in [0.25, 0.3) is 0 Å². The fraction of sp³-hybridized carbons (Fsp3) is 0.0714. The molecular formula is C42H29N5.